The molecule has 1 aliphatic heterocycles. The second kappa shape index (κ2) is 9.72. The Balaban J connectivity index is 1.30. The largest absolute Gasteiger partial charge is 0.339 e. The Bertz CT molecular complexity index is 1360. The third-order valence-electron chi connectivity index (χ3n) is 5.96. The Morgan fingerprint density at radius 2 is 2.06 bits per heavy atom. The molecule has 0 radical (unpaired) electrons. The fourth-order valence-electron chi connectivity index (χ4n) is 4.17. The van der Waals surface area contributed by atoms with E-state index in [1.54, 1.807) is 40.0 Å². The molecule has 10 nitrogen and oxygen atoms in total. The molecule has 0 aliphatic carbocycles. The van der Waals surface area contributed by atoms with Crippen LogP contribution in [0.25, 0.3) is 17.1 Å². The molecule has 3 aromatic heterocycles. The minimum Gasteiger partial charge on any atom is -0.339 e. The summed E-state index contributed by atoms with van der Waals surface area (Å²) in [5.74, 6) is -0.260. The van der Waals surface area contributed by atoms with Gasteiger partial charge >= 0.3 is 0 Å². The standard InChI is InChI=1S/C25H24N8O2/c1-2-24(34)32-13-5-6-17(15-32)23-16-33(31-30-23)19-8-3-7-18(14-19)27-25(35)22-10-4-9-20(28-22)21-11-12-26-29-21/h2-4,7-12,14,16-17H,1,5-6,13,15H2,(H,26,29)(H,27,35). The highest BCUT2D eigenvalue weighted by Gasteiger charge is 2.25. The fourth-order valence-corrected chi connectivity index (χ4v) is 4.17. The highest BCUT2D eigenvalue weighted by molar-refractivity contribution is 6.03. The number of carbonyl (C=O) groups excluding carboxylic acids is 2. The summed E-state index contributed by atoms with van der Waals surface area (Å²) in [5, 5.41) is 18.3. The van der Waals surface area contributed by atoms with Crippen molar-refractivity contribution in [2.75, 3.05) is 18.4 Å². The molecule has 1 unspecified atom stereocenters. The van der Waals surface area contributed by atoms with Crippen LogP contribution in [-0.4, -0.2) is 60.0 Å². The van der Waals surface area contributed by atoms with E-state index in [4.69, 9.17) is 0 Å². The van der Waals surface area contributed by atoms with Gasteiger partial charge in [0.25, 0.3) is 5.91 Å². The van der Waals surface area contributed by atoms with E-state index in [0.29, 0.717) is 23.6 Å². The lowest BCUT2D eigenvalue weighted by atomic mass is 9.95. The highest BCUT2D eigenvalue weighted by Crippen LogP contribution is 2.26. The predicted molar refractivity (Wildman–Crippen MR) is 130 cm³/mol. The average Bonchev–Trinajstić information content (AvgIpc) is 3.62. The molecular weight excluding hydrogens is 444 g/mol. The normalized spacial score (nSPS) is 15.5. The van der Waals surface area contributed by atoms with E-state index in [1.807, 2.05) is 30.5 Å². The summed E-state index contributed by atoms with van der Waals surface area (Å²) in [6.45, 7) is 4.91. The van der Waals surface area contributed by atoms with Gasteiger partial charge in [-0.05, 0) is 55.3 Å². The summed E-state index contributed by atoms with van der Waals surface area (Å²) in [6.07, 6.45) is 6.72. The van der Waals surface area contributed by atoms with E-state index >= 15 is 0 Å². The summed E-state index contributed by atoms with van der Waals surface area (Å²) in [7, 11) is 0. The number of rotatable bonds is 6. The topological polar surface area (TPSA) is 122 Å². The van der Waals surface area contributed by atoms with Crippen LogP contribution in [0.15, 0.2) is 73.6 Å². The van der Waals surface area contributed by atoms with Gasteiger partial charge in [0.1, 0.15) is 5.69 Å². The molecule has 1 saturated heterocycles. The molecule has 2 N–H and O–H groups in total. The second-order valence-corrected chi connectivity index (χ2v) is 8.30. The van der Waals surface area contributed by atoms with E-state index in [0.717, 1.165) is 36.5 Å². The SMILES string of the molecule is C=CC(=O)N1CCCC(c2cn(-c3cccc(NC(=O)c4cccc(-c5ccn[nH]5)n4)c3)nn2)C1. The third-order valence-corrected chi connectivity index (χ3v) is 5.96. The molecule has 4 heterocycles. The summed E-state index contributed by atoms with van der Waals surface area (Å²) < 4.78 is 1.68. The Hall–Kier alpha value is -4.60. The number of likely N-dealkylation sites (tertiary alicyclic amines) is 1. The monoisotopic (exact) mass is 468 g/mol. The van der Waals surface area contributed by atoms with Crippen molar-refractivity contribution in [1.82, 2.24) is 35.1 Å². The number of hydrogen-bond donors (Lipinski definition) is 2. The molecule has 5 rings (SSSR count). The number of nitrogens with one attached hydrogen (secondary N) is 2. The molecule has 0 spiro atoms. The molecule has 0 saturated carbocycles. The van der Waals surface area contributed by atoms with Crippen LogP contribution in [0.1, 0.15) is 34.9 Å². The Morgan fingerprint density at radius 1 is 1.17 bits per heavy atom. The van der Waals surface area contributed by atoms with Crippen LogP contribution >= 0.6 is 0 Å². The fraction of sp³-hybridized carbons (Fsp3) is 0.200. The van der Waals surface area contributed by atoms with Crippen LogP contribution in [0.5, 0.6) is 0 Å². The van der Waals surface area contributed by atoms with E-state index in [1.165, 1.54) is 6.08 Å². The summed E-state index contributed by atoms with van der Waals surface area (Å²) in [4.78, 5) is 31.1. The van der Waals surface area contributed by atoms with Crippen molar-refractivity contribution in [2.45, 2.75) is 18.8 Å². The van der Waals surface area contributed by atoms with Crippen LogP contribution in [0.4, 0.5) is 5.69 Å². The number of piperidine rings is 1. The lowest BCUT2D eigenvalue weighted by molar-refractivity contribution is -0.127. The molecule has 10 heteroatoms. The smallest absolute Gasteiger partial charge is 0.274 e. The van der Waals surface area contributed by atoms with Crippen LogP contribution in [0.2, 0.25) is 0 Å². The van der Waals surface area contributed by atoms with E-state index in [2.05, 4.69) is 37.4 Å². The van der Waals surface area contributed by atoms with Gasteiger partial charge in [0, 0.05) is 30.9 Å². The van der Waals surface area contributed by atoms with Crippen LogP contribution in [0.3, 0.4) is 0 Å². The molecule has 1 fully saturated rings. The average molecular weight is 469 g/mol. The molecule has 4 aromatic rings. The first-order chi connectivity index (χ1) is 17.1. The van der Waals surface area contributed by atoms with Gasteiger partial charge in [-0.25, -0.2) is 9.67 Å². The lowest BCUT2D eigenvalue weighted by Gasteiger charge is -2.30. The first kappa shape index (κ1) is 22.2. The number of aromatic nitrogens is 6. The van der Waals surface area contributed by atoms with Gasteiger partial charge in [0.15, 0.2) is 0 Å². The third kappa shape index (κ3) is 4.86. The van der Waals surface area contributed by atoms with Gasteiger partial charge in [-0.2, -0.15) is 5.10 Å². The highest BCUT2D eigenvalue weighted by atomic mass is 16.2. The Morgan fingerprint density at radius 3 is 2.89 bits per heavy atom. The van der Waals surface area contributed by atoms with E-state index < -0.39 is 0 Å². The van der Waals surface area contributed by atoms with Gasteiger partial charge in [-0.15, -0.1) is 5.10 Å². The van der Waals surface area contributed by atoms with Gasteiger partial charge in [0.2, 0.25) is 5.91 Å². The van der Waals surface area contributed by atoms with Crippen molar-refractivity contribution in [2.24, 2.45) is 0 Å². The molecule has 1 atom stereocenters. The number of anilines is 1. The van der Waals surface area contributed by atoms with Crippen LogP contribution in [-0.2, 0) is 4.79 Å². The van der Waals surface area contributed by atoms with Gasteiger partial charge in [-0.3, -0.25) is 14.7 Å². The minimum atomic E-state index is -0.322. The van der Waals surface area contributed by atoms with Gasteiger partial charge < -0.3 is 10.2 Å². The lowest BCUT2D eigenvalue weighted by Crippen LogP contribution is -2.38. The van der Waals surface area contributed by atoms with Crippen molar-refractivity contribution in [3.63, 3.8) is 0 Å². The van der Waals surface area contributed by atoms with Gasteiger partial charge in [0.05, 0.1) is 29.0 Å². The molecule has 1 aromatic carbocycles. The number of hydrogen-bond acceptors (Lipinski definition) is 6. The number of pyridine rings is 1. The zero-order valence-electron chi connectivity index (χ0n) is 19.0. The Kier molecular flexibility index (Phi) is 6.16. The van der Waals surface area contributed by atoms with E-state index in [-0.39, 0.29) is 17.7 Å². The number of H-pyrrole nitrogens is 1. The Labute approximate surface area is 201 Å². The molecule has 35 heavy (non-hydrogen) atoms. The number of carbonyl (C=O) groups is 2. The number of nitrogens with zero attached hydrogens (tertiary/aromatic N) is 6. The maximum absolute atomic E-state index is 12.8. The molecular formula is C25H24N8O2. The van der Waals surface area contributed by atoms with E-state index in [9.17, 15) is 9.59 Å². The maximum atomic E-state index is 12.8. The summed E-state index contributed by atoms with van der Waals surface area (Å²) in [5.41, 5.74) is 3.87. The first-order valence-corrected chi connectivity index (χ1v) is 11.3. The summed E-state index contributed by atoms with van der Waals surface area (Å²) in [6, 6.07) is 14.4. The van der Waals surface area contributed by atoms with Crippen molar-refractivity contribution in [3.8, 4) is 17.1 Å². The minimum absolute atomic E-state index is 0.0601. The van der Waals surface area contributed by atoms with Crippen molar-refractivity contribution >= 4 is 17.5 Å². The number of amides is 2. The maximum Gasteiger partial charge on any atom is 0.274 e. The quantitative estimate of drug-likeness (QED) is 0.419. The number of benzene rings is 1. The predicted octanol–water partition coefficient (Wildman–Crippen LogP) is 3.20. The zero-order chi connectivity index (χ0) is 24.2. The van der Waals surface area contributed by atoms with Crippen molar-refractivity contribution in [3.05, 3.63) is 85.0 Å². The molecule has 0 bridgehead atoms. The van der Waals surface area contributed by atoms with Crippen molar-refractivity contribution < 1.29 is 9.59 Å². The molecule has 176 valence electrons. The zero-order valence-corrected chi connectivity index (χ0v) is 19.0. The molecule has 2 amide bonds. The number of aromatic amines is 1. The first-order valence-electron chi connectivity index (χ1n) is 11.3. The van der Waals surface area contributed by atoms with Crippen LogP contribution < -0.4 is 5.32 Å². The van der Waals surface area contributed by atoms with Gasteiger partial charge in [-0.1, -0.05) is 23.9 Å². The molecule has 1 aliphatic rings. The van der Waals surface area contributed by atoms with Crippen LogP contribution in [0, 0.1) is 0 Å². The summed E-state index contributed by atoms with van der Waals surface area (Å²) >= 11 is 0. The van der Waals surface area contributed by atoms with Crippen molar-refractivity contribution in [1.29, 1.82) is 0 Å². The second-order valence-electron chi connectivity index (χ2n) is 8.30.